The number of amides is 3. The molecular weight excluding hydrogens is 772 g/mol. The first-order valence-corrected chi connectivity index (χ1v) is 18.2. The average molecular weight is 830 g/mol. The molecule has 0 aromatic carbocycles. The van der Waals surface area contributed by atoms with Crippen molar-refractivity contribution >= 4 is 53.0 Å². The molecule has 0 radical (unpaired) electrons. The van der Waals surface area contributed by atoms with Gasteiger partial charge < -0.3 is 77.2 Å². The Morgan fingerprint density at radius 3 is 1.23 bits per heavy atom. The van der Waals surface area contributed by atoms with Gasteiger partial charge in [0.15, 0.2) is 6.17 Å². The van der Waals surface area contributed by atoms with Crippen molar-refractivity contribution in [2.75, 3.05) is 19.8 Å². The molecule has 314 valence electrons. The van der Waals surface area contributed by atoms with Crippen LogP contribution >= 0.6 is 35.3 Å². The lowest BCUT2D eigenvalue weighted by atomic mass is 10.0. The van der Waals surface area contributed by atoms with Crippen LogP contribution in [-0.2, 0) is 14.4 Å². The summed E-state index contributed by atoms with van der Waals surface area (Å²) in [7, 11) is 0. The minimum absolute atomic E-state index is 0. The van der Waals surface area contributed by atoms with Crippen molar-refractivity contribution in [2.24, 2.45) is 0 Å². The lowest BCUT2D eigenvalue weighted by molar-refractivity contribution is -0.146. The maximum absolute atomic E-state index is 12.7. The second-order valence-corrected chi connectivity index (χ2v) is 15.8. The highest BCUT2D eigenvalue weighted by atomic mass is 32.2. The van der Waals surface area contributed by atoms with Crippen molar-refractivity contribution in [1.29, 1.82) is 0 Å². The summed E-state index contributed by atoms with van der Waals surface area (Å²) in [4.78, 5) is 33.3. The molecule has 3 fully saturated rings. The number of aliphatic hydroxyl groups excluding tert-OH is 12. The van der Waals surface area contributed by atoms with Crippen molar-refractivity contribution < 1.29 is 93.1 Å². The smallest absolute Gasteiger partial charge is 0.321 e. The van der Waals surface area contributed by atoms with E-state index in [2.05, 4.69) is 10.6 Å². The van der Waals surface area contributed by atoms with E-state index in [9.17, 15) is 73.5 Å². The number of carbonyl (C=O) groups excluding carboxylic acids is 3. The van der Waals surface area contributed by atoms with Gasteiger partial charge in [-0.15, -0.1) is 35.3 Å². The fourth-order valence-corrected chi connectivity index (χ4v) is 8.10. The molecular formula is C28H58F3N3O15S3. The van der Waals surface area contributed by atoms with Crippen molar-refractivity contribution in [3.8, 4) is 0 Å². The standard InChI is InChI=1S/C9H15F2NO5S.C9H16FNO5S.C9H17NO5S.CH4.3H2/c1-9(10,11)8(17)12-4-6(15)5(14)3(2-13)18-7(4)16;1-3(10)8(15)11-5-7(14)6(13)4(2-12)17-9(5)16;1-2-5(12)10-6-8(14)7(13)4(3-11)16-9(6)15;;;;/h3-7,13-16H,2H2,1H3,(H,12,17);3-7,9,12-14,16H,2H2,1H3,(H,11,15);4,6-9,11,13-15H,2-3H2,1H3,(H,10,12);1H4;3*1H/t3?,4?,5-,6-,7?;3?,4?,5?,6-,7-,9?;4?,6?,7-,8-,9?;;;;/m111..../s1. The molecule has 3 saturated heterocycles. The van der Waals surface area contributed by atoms with Crippen molar-refractivity contribution in [1.82, 2.24) is 16.0 Å². The first-order valence-electron chi connectivity index (χ1n) is 15.4. The molecule has 18 nitrogen and oxygen atoms in total. The molecule has 0 aromatic rings. The van der Waals surface area contributed by atoms with Crippen LogP contribution in [0.4, 0.5) is 13.2 Å². The number of hydrogen-bond acceptors (Lipinski definition) is 18. The van der Waals surface area contributed by atoms with Crippen LogP contribution < -0.4 is 16.0 Å². The van der Waals surface area contributed by atoms with E-state index < -0.39 is 124 Å². The Labute approximate surface area is 315 Å². The zero-order chi connectivity index (χ0) is 39.5. The van der Waals surface area contributed by atoms with E-state index in [0.717, 1.165) is 30.4 Å². The monoisotopic (exact) mass is 829 g/mol. The summed E-state index contributed by atoms with van der Waals surface area (Å²) in [5, 5.41) is 117. The third kappa shape index (κ3) is 14.1. The largest absolute Gasteiger partial charge is 0.395 e. The van der Waals surface area contributed by atoms with E-state index >= 15 is 0 Å². The quantitative estimate of drug-likeness (QED) is 0.104. The number of rotatable bonds is 9. The highest BCUT2D eigenvalue weighted by molar-refractivity contribution is 8.01. The SMILES string of the molecule is C.CC(F)(F)C(=O)NC1C(O)SC(CO)[C@@H](O)[C@@H]1O.CC(F)C(=O)NC1C(O)SC(CO)[C@@H](O)[C@@H]1O.CCC(=O)NC1C(O)SC(CO)[C@@H](O)[C@@H]1O.[HH].[HH].[HH]. The van der Waals surface area contributed by atoms with Gasteiger partial charge in [0.05, 0.1) is 72.0 Å². The predicted octanol–water partition coefficient (Wildman–Crippen LogP) is -4.35. The molecule has 3 aliphatic rings. The number of nitrogens with one attached hydrogen (secondary N) is 3. The minimum atomic E-state index is -3.65. The molecule has 0 saturated carbocycles. The molecule has 52 heavy (non-hydrogen) atoms. The van der Waals surface area contributed by atoms with Crippen LogP contribution in [0.1, 0.15) is 38.9 Å². The fraction of sp³-hybridized carbons (Fsp3) is 0.893. The van der Waals surface area contributed by atoms with Gasteiger partial charge in [-0.25, -0.2) is 4.39 Å². The summed E-state index contributed by atoms with van der Waals surface area (Å²) < 4.78 is 38.0. The van der Waals surface area contributed by atoms with E-state index in [4.69, 9.17) is 15.3 Å². The average Bonchev–Trinajstić information content (AvgIpc) is 3.07. The first-order chi connectivity index (χ1) is 23.6. The predicted molar refractivity (Wildman–Crippen MR) is 190 cm³/mol. The zero-order valence-electron chi connectivity index (χ0n) is 27.5. The van der Waals surface area contributed by atoms with Gasteiger partial charge in [-0.05, 0) is 6.92 Å². The number of hydrogen-bond donors (Lipinski definition) is 15. The normalized spacial score (nSPS) is 38.1. The first kappa shape index (κ1) is 50.8. The Morgan fingerprint density at radius 1 is 0.654 bits per heavy atom. The summed E-state index contributed by atoms with van der Waals surface area (Å²) >= 11 is 2.45. The lowest BCUT2D eigenvalue weighted by Crippen LogP contribution is -2.62. The molecule has 10 unspecified atom stereocenters. The summed E-state index contributed by atoms with van der Waals surface area (Å²) in [5.74, 6) is -6.58. The number of thioether (sulfide) groups is 3. The molecule has 0 aliphatic carbocycles. The van der Waals surface area contributed by atoms with Crippen molar-refractivity contribution in [2.45, 2.75) is 134 Å². The molecule has 0 aromatic heterocycles. The number of halogens is 3. The van der Waals surface area contributed by atoms with Gasteiger partial charge in [-0.3, -0.25) is 14.4 Å². The Hall–Kier alpha value is -1.23. The summed E-state index contributed by atoms with van der Waals surface area (Å²) in [6.07, 6.45) is -9.79. The second-order valence-electron chi connectivity index (χ2n) is 11.7. The minimum Gasteiger partial charge on any atom is -0.395 e. The van der Waals surface area contributed by atoms with Gasteiger partial charge in [0.1, 0.15) is 34.6 Å². The molecule has 0 spiro atoms. The van der Waals surface area contributed by atoms with E-state index in [1.165, 1.54) is 0 Å². The molecule has 15 N–H and O–H groups in total. The maximum Gasteiger partial charge on any atom is 0.321 e. The Balaban J connectivity index is -0.000000343. The Morgan fingerprint density at radius 2 is 0.962 bits per heavy atom. The van der Waals surface area contributed by atoms with Crippen molar-refractivity contribution in [3.63, 3.8) is 0 Å². The van der Waals surface area contributed by atoms with Crippen LogP contribution in [0.15, 0.2) is 0 Å². The number of aliphatic hydroxyl groups is 12. The van der Waals surface area contributed by atoms with Gasteiger partial charge in [0, 0.05) is 17.6 Å². The molecule has 0 bridgehead atoms. The summed E-state index contributed by atoms with van der Waals surface area (Å²) in [6.45, 7) is 1.80. The third-order valence-corrected chi connectivity index (χ3v) is 11.8. The summed E-state index contributed by atoms with van der Waals surface area (Å²) in [5.41, 5.74) is -3.65. The molecule has 3 rings (SSSR count). The van der Waals surface area contributed by atoms with Gasteiger partial charge in [-0.2, -0.15) is 8.78 Å². The number of alkyl halides is 3. The molecule has 16 atom stereocenters. The highest BCUT2D eigenvalue weighted by Crippen LogP contribution is 2.33. The van der Waals surface area contributed by atoms with Gasteiger partial charge in [-0.1, -0.05) is 14.4 Å². The molecule has 3 amide bonds. The van der Waals surface area contributed by atoms with E-state index in [-0.39, 0.29) is 30.6 Å². The van der Waals surface area contributed by atoms with Gasteiger partial charge in [0.25, 0.3) is 11.8 Å². The molecule has 24 heteroatoms. The van der Waals surface area contributed by atoms with Crippen LogP contribution in [0.5, 0.6) is 0 Å². The Kier molecular flexibility index (Phi) is 22.4. The van der Waals surface area contributed by atoms with Crippen LogP contribution in [-0.4, -0.2) is 198 Å². The second kappa shape index (κ2) is 23.0. The topological polar surface area (TPSA) is 330 Å². The van der Waals surface area contributed by atoms with Crippen LogP contribution in [0.3, 0.4) is 0 Å². The third-order valence-electron chi connectivity index (χ3n) is 7.72. The van der Waals surface area contributed by atoms with Gasteiger partial charge >= 0.3 is 5.92 Å². The van der Waals surface area contributed by atoms with E-state index in [1.54, 1.807) is 12.2 Å². The molecule has 3 heterocycles. The maximum atomic E-state index is 12.7. The number of carbonyl (C=O) groups is 3. The van der Waals surface area contributed by atoms with Crippen molar-refractivity contribution in [3.05, 3.63) is 0 Å². The van der Waals surface area contributed by atoms with E-state index in [0.29, 0.717) is 18.7 Å². The van der Waals surface area contributed by atoms with Crippen LogP contribution in [0.25, 0.3) is 0 Å². The highest BCUT2D eigenvalue weighted by Gasteiger charge is 2.47. The fourth-order valence-electron chi connectivity index (χ4n) is 4.60. The summed E-state index contributed by atoms with van der Waals surface area (Å²) in [6, 6.07) is -3.50. The molecule has 3 aliphatic heterocycles. The Bertz CT molecular complexity index is 1120. The van der Waals surface area contributed by atoms with E-state index in [1.807, 2.05) is 0 Å². The van der Waals surface area contributed by atoms with Crippen LogP contribution in [0.2, 0.25) is 0 Å². The van der Waals surface area contributed by atoms with Gasteiger partial charge in [0.2, 0.25) is 5.91 Å². The lowest BCUT2D eigenvalue weighted by Gasteiger charge is -2.40. The zero-order valence-corrected chi connectivity index (χ0v) is 30.0. The van der Waals surface area contributed by atoms with Crippen LogP contribution in [0, 0.1) is 0 Å².